The van der Waals surface area contributed by atoms with E-state index in [1.807, 2.05) is 19.1 Å². The number of anilines is 1. The lowest BCUT2D eigenvalue weighted by molar-refractivity contribution is -0.139. The number of carbonyl (C=O) groups is 2. The van der Waals surface area contributed by atoms with Gasteiger partial charge in [-0.1, -0.05) is 36.0 Å². The fourth-order valence-corrected chi connectivity index (χ4v) is 4.90. The standard InChI is InChI=1S/C24H24FN3O3S/c1-3-31-23(30)20-15(2)26-24-28(13-6-14-32-24)21(20)16-9-11-17(12-10-16)27-22(29)18-7-4-5-8-19(18)25/h4-5,7-12,21H,3,6,13-14H2,1-2H3,(H,27,29)/t21-/m0/s1. The molecule has 8 heteroatoms. The van der Waals surface area contributed by atoms with Crippen molar-refractivity contribution >= 4 is 34.5 Å². The van der Waals surface area contributed by atoms with Gasteiger partial charge in [0, 0.05) is 18.0 Å². The van der Waals surface area contributed by atoms with E-state index in [-0.39, 0.29) is 24.2 Å². The molecule has 0 aromatic heterocycles. The van der Waals surface area contributed by atoms with Crippen LogP contribution in [0.3, 0.4) is 0 Å². The van der Waals surface area contributed by atoms with E-state index in [1.165, 1.54) is 18.2 Å². The van der Waals surface area contributed by atoms with E-state index in [9.17, 15) is 14.0 Å². The van der Waals surface area contributed by atoms with Gasteiger partial charge in [-0.2, -0.15) is 0 Å². The molecule has 2 aromatic rings. The van der Waals surface area contributed by atoms with Crippen LogP contribution in [0.2, 0.25) is 0 Å². The number of aliphatic imine (C=N–C) groups is 1. The number of carbonyl (C=O) groups excluding carboxylic acids is 2. The Morgan fingerprint density at radius 2 is 1.97 bits per heavy atom. The highest BCUT2D eigenvalue weighted by atomic mass is 32.2. The van der Waals surface area contributed by atoms with Gasteiger partial charge < -0.3 is 15.0 Å². The zero-order chi connectivity index (χ0) is 22.7. The maximum absolute atomic E-state index is 13.9. The summed E-state index contributed by atoms with van der Waals surface area (Å²) in [5.41, 5.74) is 2.61. The minimum absolute atomic E-state index is 0.0155. The lowest BCUT2D eigenvalue weighted by Crippen LogP contribution is -2.42. The summed E-state index contributed by atoms with van der Waals surface area (Å²) in [6.45, 7) is 4.69. The van der Waals surface area contributed by atoms with Crippen molar-refractivity contribution in [3.8, 4) is 0 Å². The van der Waals surface area contributed by atoms with Gasteiger partial charge in [-0.05, 0) is 50.1 Å². The molecule has 1 N–H and O–H groups in total. The minimum atomic E-state index is -0.571. The second kappa shape index (κ2) is 9.56. The van der Waals surface area contributed by atoms with E-state index in [0.717, 1.165) is 29.4 Å². The first kappa shape index (κ1) is 22.1. The molecule has 2 aliphatic heterocycles. The number of esters is 1. The highest BCUT2D eigenvalue weighted by Gasteiger charge is 2.37. The van der Waals surface area contributed by atoms with Crippen LogP contribution in [-0.2, 0) is 9.53 Å². The predicted octanol–water partition coefficient (Wildman–Crippen LogP) is 4.76. The molecular formula is C24H24FN3O3S. The Bertz CT molecular complexity index is 1100. The molecule has 1 atom stereocenters. The first-order valence-corrected chi connectivity index (χ1v) is 11.5. The number of fused-ring (bicyclic) bond motifs is 1. The molecule has 1 saturated heterocycles. The Morgan fingerprint density at radius 3 is 2.69 bits per heavy atom. The van der Waals surface area contributed by atoms with Gasteiger partial charge in [0.1, 0.15) is 5.82 Å². The fraction of sp³-hybridized carbons (Fsp3) is 0.292. The Kier molecular flexibility index (Phi) is 6.60. The summed E-state index contributed by atoms with van der Waals surface area (Å²) in [6, 6.07) is 12.8. The molecule has 166 valence electrons. The third-order valence-corrected chi connectivity index (χ3v) is 6.43. The van der Waals surface area contributed by atoms with E-state index in [2.05, 4.69) is 15.2 Å². The molecule has 0 unspecified atom stereocenters. The number of halogens is 1. The fourth-order valence-electron chi connectivity index (χ4n) is 3.88. The number of thioether (sulfide) groups is 1. The first-order valence-electron chi connectivity index (χ1n) is 10.5. The zero-order valence-corrected chi connectivity index (χ0v) is 18.7. The quantitative estimate of drug-likeness (QED) is 0.661. The number of benzene rings is 2. The molecule has 2 aromatic carbocycles. The lowest BCUT2D eigenvalue weighted by Gasteiger charge is -2.40. The van der Waals surface area contributed by atoms with Crippen molar-refractivity contribution in [2.24, 2.45) is 4.99 Å². The first-order chi connectivity index (χ1) is 15.5. The second-order valence-corrected chi connectivity index (χ2v) is 8.53. The highest BCUT2D eigenvalue weighted by molar-refractivity contribution is 8.13. The molecule has 1 amide bonds. The Labute approximate surface area is 190 Å². The van der Waals surface area contributed by atoms with E-state index in [4.69, 9.17) is 4.74 Å². The summed E-state index contributed by atoms with van der Waals surface area (Å²) in [6.07, 6.45) is 0.992. The Hall–Kier alpha value is -3.13. The number of hydrogen-bond acceptors (Lipinski definition) is 6. The predicted molar refractivity (Wildman–Crippen MR) is 124 cm³/mol. The largest absolute Gasteiger partial charge is 0.463 e. The van der Waals surface area contributed by atoms with Crippen LogP contribution in [0.15, 0.2) is 64.8 Å². The lowest BCUT2D eigenvalue weighted by atomic mass is 9.94. The van der Waals surface area contributed by atoms with Crippen molar-refractivity contribution < 1.29 is 18.7 Å². The Morgan fingerprint density at radius 1 is 1.22 bits per heavy atom. The molecular weight excluding hydrogens is 429 g/mol. The van der Waals surface area contributed by atoms with Crippen LogP contribution in [0.5, 0.6) is 0 Å². The van der Waals surface area contributed by atoms with Crippen molar-refractivity contribution in [3.05, 3.63) is 76.7 Å². The van der Waals surface area contributed by atoms with Crippen molar-refractivity contribution in [3.63, 3.8) is 0 Å². The molecule has 2 aliphatic rings. The third-order valence-electron chi connectivity index (χ3n) is 5.36. The number of nitrogens with one attached hydrogen (secondary N) is 1. The van der Waals surface area contributed by atoms with Crippen molar-refractivity contribution in [1.82, 2.24) is 4.90 Å². The van der Waals surface area contributed by atoms with Crippen LogP contribution in [0.1, 0.15) is 42.2 Å². The number of allylic oxidation sites excluding steroid dienone is 1. The number of rotatable bonds is 5. The SMILES string of the molecule is CCOC(=O)C1=C(C)N=C2SCCCN2[C@H]1c1ccc(NC(=O)c2ccccc2F)cc1. The molecule has 0 aliphatic carbocycles. The van der Waals surface area contributed by atoms with Gasteiger partial charge in [0.25, 0.3) is 5.91 Å². The van der Waals surface area contributed by atoms with Gasteiger partial charge in [0.05, 0.1) is 29.5 Å². The summed E-state index contributed by atoms with van der Waals surface area (Å²) < 4.78 is 19.2. The van der Waals surface area contributed by atoms with Crippen LogP contribution < -0.4 is 5.32 Å². The molecule has 1 fully saturated rings. The van der Waals surface area contributed by atoms with Crippen molar-refractivity contribution in [2.45, 2.75) is 26.3 Å². The van der Waals surface area contributed by atoms with E-state index in [1.54, 1.807) is 36.9 Å². The summed E-state index contributed by atoms with van der Waals surface area (Å²) in [5, 5.41) is 3.63. The molecule has 4 rings (SSSR count). The third kappa shape index (κ3) is 4.41. The average Bonchev–Trinajstić information content (AvgIpc) is 2.79. The molecule has 0 saturated carbocycles. The van der Waals surface area contributed by atoms with Gasteiger partial charge >= 0.3 is 5.97 Å². The summed E-state index contributed by atoms with van der Waals surface area (Å²) in [5.74, 6) is -0.466. The van der Waals surface area contributed by atoms with Crippen LogP contribution >= 0.6 is 11.8 Å². The number of amides is 1. The molecule has 2 heterocycles. The maximum atomic E-state index is 13.9. The monoisotopic (exact) mass is 453 g/mol. The molecule has 0 bridgehead atoms. The Balaban J connectivity index is 1.62. The summed E-state index contributed by atoms with van der Waals surface area (Å²) in [7, 11) is 0. The van der Waals surface area contributed by atoms with Crippen LogP contribution in [0, 0.1) is 5.82 Å². The maximum Gasteiger partial charge on any atom is 0.338 e. The second-order valence-electron chi connectivity index (χ2n) is 7.47. The van der Waals surface area contributed by atoms with Crippen molar-refractivity contribution in [1.29, 1.82) is 0 Å². The van der Waals surface area contributed by atoms with Crippen LogP contribution in [-0.4, -0.2) is 40.8 Å². The summed E-state index contributed by atoms with van der Waals surface area (Å²) in [4.78, 5) is 32.0. The molecule has 6 nitrogen and oxygen atoms in total. The molecule has 0 radical (unpaired) electrons. The summed E-state index contributed by atoms with van der Waals surface area (Å²) >= 11 is 1.68. The number of amidine groups is 1. The smallest absolute Gasteiger partial charge is 0.338 e. The number of ether oxygens (including phenoxy) is 1. The van der Waals surface area contributed by atoms with Gasteiger partial charge in [-0.3, -0.25) is 4.79 Å². The number of nitrogens with zero attached hydrogens (tertiary/aromatic N) is 2. The molecule has 32 heavy (non-hydrogen) atoms. The average molecular weight is 454 g/mol. The van der Waals surface area contributed by atoms with Crippen molar-refractivity contribution in [2.75, 3.05) is 24.2 Å². The van der Waals surface area contributed by atoms with Crippen LogP contribution in [0.4, 0.5) is 10.1 Å². The van der Waals surface area contributed by atoms with Gasteiger partial charge in [0.2, 0.25) is 0 Å². The highest BCUT2D eigenvalue weighted by Crippen LogP contribution is 2.40. The number of hydrogen-bond donors (Lipinski definition) is 1. The van der Waals surface area contributed by atoms with Gasteiger partial charge in [-0.25, -0.2) is 14.2 Å². The van der Waals surface area contributed by atoms with Gasteiger partial charge in [0.15, 0.2) is 5.17 Å². The topological polar surface area (TPSA) is 71.0 Å². The van der Waals surface area contributed by atoms with E-state index < -0.39 is 11.7 Å². The normalized spacial score (nSPS) is 18.0. The van der Waals surface area contributed by atoms with E-state index >= 15 is 0 Å². The zero-order valence-electron chi connectivity index (χ0n) is 17.9. The minimum Gasteiger partial charge on any atom is -0.463 e. The molecule has 0 spiro atoms. The van der Waals surface area contributed by atoms with Gasteiger partial charge in [-0.15, -0.1) is 0 Å². The van der Waals surface area contributed by atoms with E-state index in [0.29, 0.717) is 17.0 Å². The van der Waals surface area contributed by atoms with Crippen LogP contribution in [0.25, 0.3) is 0 Å².